The van der Waals surface area contributed by atoms with Crippen molar-refractivity contribution in [3.63, 3.8) is 0 Å². The fourth-order valence-corrected chi connectivity index (χ4v) is 5.50. The Balaban J connectivity index is 2.07. The van der Waals surface area contributed by atoms with E-state index < -0.39 is 22.1 Å². The van der Waals surface area contributed by atoms with E-state index in [1.54, 1.807) is 19.9 Å². The highest BCUT2D eigenvalue weighted by Crippen LogP contribution is 2.29. The summed E-state index contributed by atoms with van der Waals surface area (Å²) in [5.41, 5.74) is 0.765. The van der Waals surface area contributed by atoms with Gasteiger partial charge in [-0.1, -0.05) is 13.8 Å². The molecule has 0 saturated carbocycles. The van der Waals surface area contributed by atoms with Gasteiger partial charge in [-0.05, 0) is 93.4 Å². The highest BCUT2D eigenvalue weighted by atomic mass is 127. The minimum Gasteiger partial charge on any atom is -0.506 e. The topological polar surface area (TPSA) is 127 Å². The lowest BCUT2D eigenvalue weighted by Crippen LogP contribution is -2.16. The number of aryl methyl sites for hydroxylation is 1. The molecule has 11 heteroatoms. The van der Waals surface area contributed by atoms with Crippen molar-refractivity contribution in [1.29, 1.82) is 0 Å². The number of esters is 2. The van der Waals surface area contributed by atoms with Crippen LogP contribution >= 0.6 is 45.2 Å². The fourth-order valence-electron chi connectivity index (χ4n) is 2.74. The van der Waals surface area contributed by atoms with Gasteiger partial charge in [0, 0.05) is 3.57 Å². The quantitative estimate of drug-likeness (QED) is 0.193. The molecule has 0 heterocycles. The Kier molecular flexibility index (Phi) is 8.69. The third-order valence-corrected chi connectivity index (χ3v) is 6.63. The number of hydrogen-bond acceptors (Lipinski definition) is 7. The molecule has 0 aromatic heterocycles. The molecule has 0 aliphatic heterocycles. The van der Waals surface area contributed by atoms with Gasteiger partial charge in [0.2, 0.25) is 0 Å². The predicted octanol–water partition coefficient (Wildman–Crippen LogP) is 4.29. The summed E-state index contributed by atoms with van der Waals surface area (Å²) in [7, 11) is -4.44. The van der Waals surface area contributed by atoms with Crippen molar-refractivity contribution < 1.29 is 37.1 Å². The van der Waals surface area contributed by atoms with E-state index in [9.17, 15) is 27.7 Å². The molecule has 0 aliphatic rings. The molecule has 0 bridgehead atoms. The van der Waals surface area contributed by atoms with E-state index in [-0.39, 0.29) is 46.5 Å². The van der Waals surface area contributed by atoms with Crippen LogP contribution in [0.4, 0.5) is 0 Å². The number of carbonyl (C=O) groups excluding carboxylic acids is 2. The molecular formula is C20H20I2O8S. The third kappa shape index (κ3) is 6.52. The highest BCUT2D eigenvalue weighted by Gasteiger charge is 2.23. The zero-order valence-electron chi connectivity index (χ0n) is 16.8. The maximum atomic E-state index is 12.4. The Labute approximate surface area is 207 Å². The molecule has 8 nitrogen and oxygen atoms in total. The third-order valence-electron chi connectivity index (χ3n) is 4.27. The summed E-state index contributed by atoms with van der Waals surface area (Å²) < 4.78 is 44.1. The molecule has 0 atom stereocenters. The molecule has 0 fully saturated rings. The molecule has 2 aromatic rings. The summed E-state index contributed by atoms with van der Waals surface area (Å²) in [6.07, 6.45) is 0. The van der Waals surface area contributed by atoms with E-state index in [0.717, 1.165) is 3.57 Å². The standard InChI is InChI=1S/C20H20I2O8S/c1-10(2)13-9-14(11(3)6-17(13)31(26,27)28)19(24)29-4-5-30-20(25)15-7-12(21)8-16(22)18(15)23/h6-10,23H,4-5H2,1-3H3,(H,26,27,28). The summed E-state index contributed by atoms with van der Waals surface area (Å²) in [6.45, 7) is 4.52. The molecule has 168 valence electrons. The van der Waals surface area contributed by atoms with Gasteiger partial charge in [-0.15, -0.1) is 0 Å². The van der Waals surface area contributed by atoms with Gasteiger partial charge < -0.3 is 14.6 Å². The zero-order chi connectivity index (χ0) is 23.5. The first-order valence-electron chi connectivity index (χ1n) is 8.97. The number of halogens is 2. The molecule has 2 N–H and O–H groups in total. The molecule has 0 saturated heterocycles. The first kappa shape index (κ1) is 25.8. The van der Waals surface area contributed by atoms with Gasteiger partial charge in [-0.2, -0.15) is 8.42 Å². The summed E-state index contributed by atoms with van der Waals surface area (Å²) in [4.78, 5) is 24.4. The van der Waals surface area contributed by atoms with E-state index >= 15 is 0 Å². The summed E-state index contributed by atoms with van der Waals surface area (Å²) >= 11 is 3.91. The van der Waals surface area contributed by atoms with Crippen LogP contribution in [0.3, 0.4) is 0 Å². The van der Waals surface area contributed by atoms with Crippen molar-refractivity contribution >= 4 is 67.2 Å². The fraction of sp³-hybridized carbons (Fsp3) is 0.300. The molecule has 0 radical (unpaired) electrons. The monoisotopic (exact) mass is 674 g/mol. The maximum absolute atomic E-state index is 12.4. The zero-order valence-corrected chi connectivity index (χ0v) is 21.9. The molecule has 0 aliphatic carbocycles. The van der Waals surface area contributed by atoms with Gasteiger partial charge in [-0.3, -0.25) is 4.55 Å². The van der Waals surface area contributed by atoms with Crippen LogP contribution in [0.2, 0.25) is 0 Å². The molecule has 2 rings (SSSR count). The number of carbonyl (C=O) groups is 2. The number of phenols is 1. The predicted molar refractivity (Wildman–Crippen MR) is 129 cm³/mol. The normalized spacial score (nSPS) is 11.5. The van der Waals surface area contributed by atoms with Crippen LogP contribution in [0.25, 0.3) is 0 Å². The molecule has 0 spiro atoms. The second kappa shape index (κ2) is 10.4. The Morgan fingerprint density at radius 3 is 2.06 bits per heavy atom. The van der Waals surface area contributed by atoms with Gasteiger partial charge >= 0.3 is 11.9 Å². The maximum Gasteiger partial charge on any atom is 0.342 e. The summed E-state index contributed by atoms with van der Waals surface area (Å²) in [5.74, 6) is -1.92. The first-order valence-corrected chi connectivity index (χ1v) is 12.6. The van der Waals surface area contributed by atoms with Crippen molar-refractivity contribution in [2.45, 2.75) is 31.6 Å². The van der Waals surface area contributed by atoms with Gasteiger partial charge in [0.05, 0.1) is 14.0 Å². The Bertz CT molecular complexity index is 1130. The van der Waals surface area contributed by atoms with E-state index in [0.29, 0.717) is 9.13 Å². The van der Waals surface area contributed by atoms with E-state index in [1.165, 1.54) is 25.1 Å². The van der Waals surface area contributed by atoms with Gasteiger partial charge in [-0.25, -0.2) is 9.59 Å². The van der Waals surface area contributed by atoms with Gasteiger partial charge in [0.25, 0.3) is 10.1 Å². The Morgan fingerprint density at radius 1 is 1.00 bits per heavy atom. The molecule has 0 amide bonds. The number of ether oxygens (including phenoxy) is 2. The van der Waals surface area contributed by atoms with Crippen LogP contribution in [0.1, 0.15) is 51.6 Å². The van der Waals surface area contributed by atoms with Crippen LogP contribution in [-0.4, -0.2) is 43.2 Å². The average Bonchev–Trinajstić information content (AvgIpc) is 2.66. The number of rotatable bonds is 7. The van der Waals surface area contributed by atoms with Crippen molar-refractivity contribution in [2.24, 2.45) is 0 Å². The second-order valence-electron chi connectivity index (χ2n) is 6.89. The molecule has 0 unspecified atom stereocenters. The van der Waals surface area contributed by atoms with Crippen LogP contribution < -0.4 is 0 Å². The lowest BCUT2D eigenvalue weighted by atomic mass is 9.97. The van der Waals surface area contributed by atoms with Crippen molar-refractivity contribution in [1.82, 2.24) is 0 Å². The van der Waals surface area contributed by atoms with Gasteiger partial charge in [0.15, 0.2) is 0 Å². The van der Waals surface area contributed by atoms with Crippen LogP contribution in [-0.2, 0) is 19.6 Å². The lowest BCUT2D eigenvalue weighted by molar-refractivity contribution is 0.0263. The SMILES string of the molecule is Cc1cc(S(=O)(=O)O)c(C(C)C)cc1C(=O)OCCOC(=O)c1cc(I)cc(I)c1O. The lowest BCUT2D eigenvalue weighted by Gasteiger charge is -2.15. The molecular weight excluding hydrogens is 654 g/mol. The summed E-state index contributed by atoms with van der Waals surface area (Å²) in [5, 5.41) is 10.0. The van der Waals surface area contributed by atoms with Crippen LogP contribution in [0, 0.1) is 14.1 Å². The minimum absolute atomic E-state index is 0.0147. The van der Waals surface area contributed by atoms with Crippen molar-refractivity contribution in [2.75, 3.05) is 13.2 Å². The molecule has 31 heavy (non-hydrogen) atoms. The van der Waals surface area contributed by atoms with Gasteiger partial charge in [0.1, 0.15) is 24.5 Å². The first-order chi connectivity index (χ1) is 14.3. The second-order valence-corrected chi connectivity index (χ2v) is 10.7. The average molecular weight is 674 g/mol. The summed E-state index contributed by atoms with van der Waals surface area (Å²) in [6, 6.07) is 5.79. The number of benzene rings is 2. The van der Waals surface area contributed by atoms with E-state index in [4.69, 9.17) is 9.47 Å². The minimum atomic E-state index is -4.44. The Hall–Kier alpha value is -1.45. The highest BCUT2D eigenvalue weighted by molar-refractivity contribution is 14.1. The van der Waals surface area contributed by atoms with Crippen molar-refractivity contribution in [3.05, 3.63) is 53.7 Å². The number of phenolic OH excluding ortho intramolecular Hbond substituents is 1. The largest absolute Gasteiger partial charge is 0.506 e. The van der Waals surface area contributed by atoms with E-state index in [1.807, 2.05) is 45.2 Å². The van der Waals surface area contributed by atoms with E-state index in [2.05, 4.69) is 0 Å². The van der Waals surface area contributed by atoms with Crippen molar-refractivity contribution in [3.8, 4) is 5.75 Å². The smallest absolute Gasteiger partial charge is 0.342 e. The Morgan fingerprint density at radius 2 is 1.55 bits per heavy atom. The molecule has 2 aromatic carbocycles. The number of aromatic hydroxyl groups is 1. The van der Waals surface area contributed by atoms with Crippen LogP contribution in [0.5, 0.6) is 5.75 Å². The van der Waals surface area contributed by atoms with Crippen LogP contribution in [0.15, 0.2) is 29.2 Å². The number of hydrogen-bond donors (Lipinski definition) is 2.